The molecule has 1 aliphatic heterocycles. The Balaban J connectivity index is 0.00000144. The van der Waals surface area contributed by atoms with Crippen molar-refractivity contribution in [2.24, 2.45) is 10.8 Å². The summed E-state index contributed by atoms with van der Waals surface area (Å²) in [4.78, 5) is 11.9. The zero-order chi connectivity index (χ0) is 12.1. The van der Waals surface area contributed by atoms with Crippen LogP contribution in [0.1, 0.15) is 34.1 Å². The van der Waals surface area contributed by atoms with Crippen LogP contribution in [0.3, 0.4) is 0 Å². The Labute approximate surface area is 109 Å². The van der Waals surface area contributed by atoms with Gasteiger partial charge in [-0.25, -0.2) is 0 Å². The van der Waals surface area contributed by atoms with Crippen molar-refractivity contribution in [1.29, 1.82) is 0 Å². The third kappa shape index (κ3) is 2.30. The molecule has 1 saturated carbocycles. The van der Waals surface area contributed by atoms with E-state index in [1.54, 1.807) is 0 Å². The summed E-state index contributed by atoms with van der Waals surface area (Å²) < 4.78 is 0. The Bertz CT molecular complexity index is 304. The van der Waals surface area contributed by atoms with Gasteiger partial charge in [-0.2, -0.15) is 0 Å². The van der Waals surface area contributed by atoms with Gasteiger partial charge in [-0.15, -0.1) is 12.4 Å². The molecular weight excluding hydrogens is 240 g/mol. The molecule has 1 amide bonds. The van der Waals surface area contributed by atoms with Gasteiger partial charge in [0, 0.05) is 12.6 Å². The lowest BCUT2D eigenvalue weighted by atomic mass is 10.0. The maximum atomic E-state index is 11.9. The molecule has 4 nitrogen and oxygen atoms in total. The number of aliphatic hydroxyl groups excluding tert-OH is 1. The first-order valence-corrected chi connectivity index (χ1v) is 5.98. The van der Waals surface area contributed by atoms with Crippen molar-refractivity contribution in [3.63, 3.8) is 0 Å². The van der Waals surface area contributed by atoms with E-state index >= 15 is 0 Å². The fraction of sp³-hybridized carbons (Fsp3) is 0.917. The molecule has 5 heteroatoms. The number of β-amino-alcohol motifs (C(OH)–C–C–N with tert-alkyl or cyclic N) is 1. The first-order valence-electron chi connectivity index (χ1n) is 5.98. The minimum Gasteiger partial charge on any atom is -0.392 e. The number of carbonyl (C=O) groups is 1. The van der Waals surface area contributed by atoms with E-state index < -0.39 is 0 Å². The lowest BCUT2D eigenvalue weighted by Gasteiger charge is -2.12. The lowest BCUT2D eigenvalue weighted by Crippen LogP contribution is -2.42. The Hall–Kier alpha value is -0.320. The maximum Gasteiger partial charge on any atom is 0.237 e. The molecule has 0 aromatic carbocycles. The van der Waals surface area contributed by atoms with Crippen LogP contribution in [-0.4, -0.2) is 35.7 Å². The first-order chi connectivity index (χ1) is 7.26. The van der Waals surface area contributed by atoms with Gasteiger partial charge in [-0.1, -0.05) is 27.7 Å². The average Bonchev–Trinajstić information content (AvgIpc) is 2.58. The van der Waals surface area contributed by atoms with Crippen molar-refractivity contribution < 1.29 is 9.90 Å². The predicted octanol–water partition coefficient (Wildman–Crippen LogP) is 0.682. The largest absolute Gasteiger partial charge is 0.392 e. The highest BCUT2D eigenvalue weighted by molar-refractivity contribution is 5.85. The van der Waals surface area contributed by atoms with Crippen molar-refractivity contribution in [2.75, 3.05) is 6.54 Å². The van der Waals surface area contributed by atoms with Crippen molar-refractivity contribution in [3.05, 3.63) is 0 Å². The third-order valence-electron chi connectivity index (χ3n) is 4.73. The summed E-state index contributed by atoms with van der Waals surface area (Å²) in [6, 6.07) is 0.0224. The monoisotopic (exact) mass is 262 g/mol. The van der Waals surface area contributed by atoms with Crippen molar-refractivity contribution in [2.45, 2.75) is 52.3 Å². The highest BCUT2D eigenvalue weighted by atomic mass is 35.5. The van der Waals surface area contributed by atoms with Gasteiger partial charge in [0.25, 0.3) is 0 Å². The Kier molecular flexibility index (Phi) is 3.82. The van der Waals surface area contributed by atoms with Crippen LogP contribution in [0.4, 0.5) is 0 Å². The smallest absolute Gasteiger partial charge is 0.237 e. The number of rotatable bonds is 2. The molecule has 0 radical (unpaired) electrons. The molecule has 1 aliphatic carbocycles. The van der Waals surface area contributed by atoms with E-state index in [1.807, 2.05) is 0 Å². The second kappa shape index (κ2) is 4.41. The zero-order valence-electron chi connectivity index (χ0n) is 10.9. The van der Waals surface area contributed by atoms with E-state index in [0.29, 0.717) is 13.0 Å². The van der Waals surface area contributed by atoms with Crippen LogP contribution in [-0.2, 0) is 4.79 Å². The SMILES string of the molecule is CC1(C)C(NC(=O)C2CC(O)CN2)C1(C)C.Cl. The molecule has 2 unspecified atom stereocenters. The van der Waals surface area contributed by atoms with Crippen LogP contribution in [0.5, 0.6) is 0 Å². The molecule has 17 heavy (non-hydrogen) atoms. The highest BCUT2D eigenvalue weighted by Crippen LogP contribution is 2.62. The third-order valence-corrected chi connectivity index (χ3v) is 4.73. The van der Waals surface area contributed by atoms with Gasteiger partial charge in [0.1, 0.15) is 0 Å². The molecule has 2 rings (SSSR count). The van der Waals surface area contributed by atoms with Gasteiger partial charge in [0.05, 0.1) is 12.1 Å². The molecule has 2 aliphatic rings. The number of nitrogens with one attached hydrogen (secondary N) is 2. The van der Waals surface area contributed by atoms with Crippen LogP contribution in [0, 0.1) is 10.8 Å². The maximum absolute atomic E-state index is 11.9. The number of hydrogen-bond donors (Lipinski definition) is 3. The van der Waals surface area contributed by atoms with E-state index in [1.165, 1.54) is 0 Å². The predicted molar refractivity (Wildman–Crippen MR) is 69.2 cm³/mol. The van der Waals surface area contributed by atoms with E-state index in [-0.39, 0.29) is 47.3 Å². The summed E-state index contributed by atoms with van der Waals surface area (Å²) in [5.41, 5.74) is 0.333. The number of carbonyl (C=O) groups excluding carboxylic acids is 1. The molecule has 1 saturated heterocycles. The van der Waals surface area contributed by atoms with Crippen LogP contribution < -0.4 is 10.6 Å². The minimum absolute atomic E-state index is 0. The average molecular weight is 263 g/mol. The van der Waals surface area contributed by atoms with E-state index in [4.69, 9.17) is 0 Å². The van der Waals surface area contributed by atoms with E-state index in [9.17, 15) is 9.90 Å². The van der Waals surface area contributed by atoms with Gasteiger partial charge in [-0.05, 0) is 17.3 Å². The Morgan fingerprint density at radius 3 is 2.18 bits per heavy atom. The van der Waals surface area contributed by atoms with Gasteiger partial charge < -0.3 is 15.7 Å². The van der Waals surface area contributed by atoms with Crippen molar-refractivity contribution in [1.82, 2.24) is 10.6 Å². The summed E-state index contributed by atoms with van der Waals surface area (Å²) >= 11 is 0. The molecule has 2 atom stereocenters. The Morgan fingerprint density at radius 2 is 1.82 bits per heavy atom. The lowest BCUT2D eigenvalue weighted by molar-refractivity contribution is -0.123. The van der Waals surface area contributed by atoms with E-state index in [2.05, 4.69) is 38.3 Å². The second-order valence-corrected chi connectivity index (χ2v) is 6.24. The highest BCUT2D eigenvalue weighted by Gasteiger charge is 2.65. The molecule has 0 aromatic rings. The minimum atomic E-state index is -0.379. The molecule has 0 bridgehead atoms. The van der Waals surface area contributed by atoms with Gasteiger partial charge >= 0.3 is 0 Å². The molecule has 0 aromatic heterocycles. The number of amides is 1. The van der Waals surface area contributed by atoms with Crippen molar-refractivity contribution in [3.8, 4) is 0 Å². The van der Waals surface area contributed by atoms with Gasteiger partial charge in [0.2, 0.25) is 5.91 Å². The topological polar surface area (TPSA) is 61.4 Å². The van der Waals surface area contributed by atoms with Crippen LogP contribution in [0.15, 0.2) is 0 Å². The molecule has 3 N–H and O–H groups in total. The fourth-order valence-corrected chi connectivity index (χ4v) is 2.72. The molecule has 1 heterocycles. The van der Waals surface area contributed by atoms with Crippen LogP contribution in [0.25, 0.3) is 0 Å². The number of halogens is 1. The normalized spacial score (nSPS) is 33.9. The quantitative estimate of drug-likeness (QED) is 0.686. The summed E-state index contributed by atoms with van der Waals surface area (Å²) in [7, 11) is 0. The summed E-state index contributed by atoms with van der Waals surface area (Å²) in [5.74, 6) is 0.0280. The van der Waals surface area contributed by atoms with Gasteiger partial charge in [-0.3, -0.25) is 4.79 Å². The van der Waals surface area contributed by atoms with Crippen molar-refractivity contribution >= 4 is 18.3 Å². The molecule has 100 valence electrons. The van der Waals surface area contributed by atoms with E-state index in [0.717, 1.165) is 0 Å². The van der Waals surface area contributed by atoms with Gasteiger partial charge in [0.15, 0.2) is 0 Å². The molecule has 2 fully saturated rings. The summed E-state index contributed by atoms with van der Waals surface area (Å²) in [5, 5.41) is 15.5. The summed E-state index contributed by atoms with van der Waals surface area (Å²) in [6.07, 6.45) is 0.148. The van der Waals surface area contributed by atoms with Crippen LogP contribution >= 0.6 is 12.4 Å². The molecule has 0 spiro atoms. The second-order valence-electron chi connectivity index (χ2n) is 6.24. The first kappa shape index (κ1) is 14.7. The molecular formula is C12H23ClN2O2. The summed E-state index contributed by atoms with van der Waals surface area (Å²) in [6.45, 7) is 9.23. The standard InChI is InChI=1S/C12H22N2O2.ClH/c1-11(2)10(12(11,3)4)14-9(16)8-5-7(15)6-13-8;/h7-8,10,13,15H,5-6H2,1-4H3,(H,14,16);1H. The number of aliphatic hydroxyl groups is 1. The van der Waals surface area contributed by atoms with Crippen LogP contribution in [0.2, 0.25) is 0 Å². The number of hydrogen-bond acceptors (Lipinski definition) is 3. The fourth-order valence-electron chi connectivity index (χ4n) is 2.72. The zero-order valence-corrected chi connectivity index (χ0v) is 11.7. The Morgan fingerprint density at radius 1 is 1.29 bits per heavy atom.